The van der Waals surface area contributed by atoms with E-state index in [9.17, 15) is 9.18 Å². The Bertz CT molecular complexity index is 969. The molecule has 0 N–H and O–H groups in total. The average molecular weight is 474 g/mol. The molecule has 2 aromatic carbocycles. The van der Waals surface area contributed by atoms with Crippen LogP contribution in [0.1, 0.15) is 29.5 Å². The molecule has 0 aromatic heterocycles. The van der Waals surface area contributed by atoms with E-state index in [0.29, 0.717) is 31.2 Å². The van der Waals surface area contributed by atoms with Crippen molar-refractivity contribution < 1.29 is 18.7 Å². The van der Waals surface area contributed by atoms with E-state index in [4.69, 9.17) is 9.47 Å². The molecule has 4 rings (SSSR count). The molecule has 2 aliphatic heterocycles. The molecule has 1 amide bonds. The number of carbonyl (C=O) groups is 1. The minimum atomic E-state index is -0.257. The van der Waals surface area contributed by atoms with Crippen LogP contribution in [0.15, 0.2) is 48.0 Å². The zero-order valence-corrected chi connectivity index (χ0v) is 18.6. The molecule has 1 fully saturated rings. The third kappa shape index (κ3) is 4.66. The first-order valence-electron chi connectivity index (χ1n) is 10.2. The second-order valence-electron chi connectivity index (χ2n) is 7.92. The monoisotopic (exact) mass is 473 g/mol. The lowest BCUT2D eigenvalue weighted by Crippen LogP contribution is -2.30. The molecule has 1 saturated heterocycles. The predicted octanol–water partition coefficient (Wildman–Crippen LogP) is 5.23. The van der Waals surface area contributed by atoms with Gasteiger partial charge in [-0.1, -0.05) is 46.3 Å². The molecule has 2 heterocycles. The molecule has 2 aromatic rings. The van der Waals surface area contributed by atoms with E-state index in [1.807, 2.05) is 30.3 Å². The van der Waals surface area contributed by atoms with Gasteiger partial charge in [0.1, 0.15) is 5.82 Å². The van der Waals surface area contributed by atoms with Gasteiger partial charge in [0.2, 0.25) is 5.91 Å². The molecule has 6 heteroatoms. The van der Waals surface area contributed by atoms with Gasteiger partial charge in [-0.3, -0.25) is 4.79 Å². The highest BCUT2D eigenvalue weighted by Crippen LogP contribution is 2.38. The van der Waals surface area contributed by atoms with Crippen LogP contribution in [0.25, 0.3) is 4.48 Å². The van der Waals surface area contributed by atoms with Gasteiger partial charge in [0.05, 0.1) is 38.5 Å². The number of benzene rings is 2. The van der Waals surface area contributed by atoms with Gasteiger partial charge in [-0.2, -0.15) is 0 Å². The second kappa shape index (κ2) is 9.41. The molecular formula is C24H25BrFNO3. The number of ether oxygens (including phenoxy) is 2. The molecule has 1 unspecified atom stereocenters. The van der Waals surface area contributed by atoms with Crippen molar-refractivity contribution in [2.75, 3.05) is 31.3 Å². The number of halogens is 2. The van der Waals surface area contributed by atoms with Crippen molar-refractivity contribution in [1.82, 2.24) is 0 Å². The summed E-state index contributed by atoms with van der Waals surface area (Å²) in [6.07, 6.45) is 1.27. The topological polar surface area (TPSA) is 38.8 Å². The van der Waals surface area contributed by atoms with E-state index in [1.54, 1.807) is 17.9 Å². The first kappa shape index (κ1) is 21.2. The maximum atomic E-state index is 14.1. The lowest BCUT2D eigenvalue weighted by molar-refractivity contribution is -0.118. The smallest absolute Gasteiger partial charge is 0.231 e. The van der Waals surface area contributed by atoms with Crippen molar-refractivity contribution in [3.8, 4) is 0 Å². The van der Waals surface area contributed by atoms with Gasteiger partial charge in [0.25, 0.3) is 0 Å². The van der Waals surface area contributed by atoms with E-state index >= 15 is 0 Å². The number of amides is 1. The van der Waals surface area contributed by atoms with Crippen molar-refractivity contribution in [2.24, 2.45) is 5.92 Å². The number of anilines is 1. The summed E-state index contributed by atoms with van der Waals surface area (Å²) in [7, 11) is 0. The standard InChI is InChI=1S/C24H25BrFNO3/c1-16-6-7-17(10-21(16)26)12-27-22-5-3-2-4-20(22)24(25)19(11-23(27)28)15-30-14-18-8-9-29-13-18/h2-7,10,18H,8-9,11-15H2,1H3. The number of hydrogen-bond donors (Lipinski definition) is 0. The number of rotatable bonds is 6. The van der Waals surface area contributed by atoms with Crippen LogP contribution in [-0.4, -0.2) is 32.3 Å². The first-order chi connectivity index (χ1) is 14.5. The Balaban J connectivity index is 1.56. The largest absolute Gasteiger partial charge is 0.381 e. The summed E-state index contributed by atoms with van der Waals surface area (Å²) < 4.78 is 26.3. The minimum absolute atomic E-state index is 0.0271. The van der Waals surface area contributed by atoms with Crippen LogP contribution >= 0.6 is 15.9 Å². The van der Waals surface area contributed by atoms with Crippen LogP contribution in [-0.2, 0) is 20.8 Å². The van der Waals surface area contributed by atoms with Crippen LogP contribution in [0.3, 0.4) is 0 Å². The van der Waals surface area contributed by atoms with Crippen molar-refractivity contribution in [3.05, 3.63) is 70.5 Å². The lowest BCUT2D eigenvalue weighted by atomic mass is 10.1. The summed E-state index contributed by atoms with van der Waals surface area (Å²) in [5, 5.41) is 0. The van der Waals surface area contributed by atoms with E-state index in [0.717, 1.165) is 46.5 Å². The van der Waals surface area contributed by atoms with Gasteiger partial charge in [-0.25, -0.2) is 4.39 Å². The van der Waals surface area contributed by atoms with Crippen molar-refractivity contribution >= 4 is 32.0 Å². The predicted molar refractivity (Wildman–Crippen MR) is 119 cm³/mol. The highest BCUT2D eigenvalue weighted by molar-refractivity contribution is 9.15. The highest BCUT2D eigenvalue weighted by Gasteiger charge is 2.27. The summed E-state index contributed by atoms with van der Waals surface area (Å²) in [4.78, 5) is 14.9. The molecule has 0 bridgehead atoms. The molecule has 0 saturated carbocycles. The fourth-order valence-electron chi connectivity index (χ4n) is 3.84. The molecule has 1 atom stereocenters. The number of carbonyl (C=O) groups excluding carboxylic acids is 1. The Morgan fingerprint density at radius 1 is 1.27 bits per heavy atom. The van der Waals surface area contributed by atoms with Gasteiger partial charge < -0.3 is 14.4 Å². The van der Waals surface area contributed by atoms with Gasteiger partial charge in [0, 0.05) is 22.6 Å². The maximum absolute atomic E-state index is 14.1. The Morgan fingerprint density at radius 3 is 2.87 bits per heavy atom. The Morgan fingerprint density at radius 2 is 2.10 bits per heavy atom. The quantitative estimate of drug-likeness (QED) is 0.576. The molecule has 158 valence electrons. The number of aryl methyl sites for hydroxylation is 1. The summed E-state index contributed by atoms with van der Waals surface area (Å²) >= 11 is 3.71. The van der Waals surface area contributed by atoms with E-state index in [-0.39, 0.29) is 18.1 Å². The molecule has 0 radical (unpaired) electrons. The highest BCUT2D eigenvalue weighted by atomic mass is 79.9. The van der Waals surface area contributed by atoms with Crippen LogP contribution in [0.5, 0.6) is 0 Å². The Hall–Kier alpha value is -2.02. The Kier molecular flexibility index (Phi) is 6.66. The number of para-hydroxylation sites is 1. The SMILES string of the molecule is Cc1ccc(CN2C(=O)CC(COCC3CCOC3)=C(Br)c3ccccc32)cc1F. The van der Waals surface area contributed by atoms with Crippen molar-refractivity contribution in [1.29, 1.82) is 0 Å². The van der Waals surface area contributed by atoms with Crippen LogP contribution in [0.4, 0.5) is 10.1 Å². The third-order valence-corrected chi connectivity index (χ3v) is 6.63. The summed E-state index contributed by atoms with van der Waals surface area (Å²) in [5.74, 6) is 0.138. The van der Waals surface area contributed by atoms with Gasteiger partial charge >= 0.3 is 0 Å². The Labute approximate surface area is 184 Å². The van der Waals surface area contributed by atoms with Crippen molar-refractivity contribution in [3.63, 3.8) is 0 Å². The average Bonchev–Trinajstić information content (AvgIpc) is 3.23. The fourth-order valence-corrected chi connectivity index (χ4v) is 4.43. The van der Waals surface area contributed by atoms with E-state index in [2.05, 4.69) is 15.9 Å². The van der Waals surface area contributed by atoms with E-state index in [1.165, 1.54) is 6.07 Å². The lowest BCUT2D eigenvalue weighted by Gasteiger charge is -2.23. The fraction of sp³-hybridized carbons (Fsp3) is 0.375. The summed E-state index contributed by atoms with van der Waals surface area (Å²) in [5.41, 5.74) is 4.04. The van der Waals surface area contributed by atoms with Crippen LogP contribution in [0, 0.1) is 18.7 Å². The maximum Gasteiger partial charge on any atom is 0.231 e. The molecule has 0 spiro atoms. The number of fused-ring (bicyclic) bond motifs is 1. The minimum Gasteiger partial charge on any atom is -0.381 e. The summed E-state index contributed by atoms with van der Waals surface area (Å²) in [6.45, 7) is 4.61. The van der Waals surface area contributed by atoms with Gasteiger partial charge in [-0.15, -0.1) is 0 Å². The normalized spacial score (nSPS) is 19.2. The van der Waals surface area contributed by atoms with Gasteiger partial charge in [-0.05, 0) is 42.2 Å². The van der Waals surface area contributed by atoms with Crippen molar-refractivity contribution in [2.45, 2.75) is 26.3 Å². The molecule has 2 aliphatic rings. The van der Waals surface area contributed by atoms with E-state index < -0.39 is 0 Å². The molecule has 0 aliphatic carbocycles. The number of hydrogen-bond acceptors (Lipinski definition) is 3. The zero-order valence-electron chi connectivity index (χ0n) is 17.0. The number of nitrogens with zero attached hydrogens (tertiary/aromatic N) is 1. The van der Waals surface area contributed by atoms with Crippen LogP contribution in [0.2, 0.25) is 0 Å². The third-order valence-electron chi connectivity index (χ3n) is 5.64. The van der Waals surface area contributed by atoms with Gasteiger partial charge in [0.15, 0.2) is 0 Å². The zero-order chi connectivity index (χ0) is 21.1. The molecule has 4 nitrogen and oxygen atoms in total. The first-order valence-corrected chi connectivity index (χ1v) is 11.0. The van der Waals surface area contributed by atoms with Crippen LogP contribution < -0.4 is 4.90 Å². The second-order valence-corrected chi connectivity index (χ2v) is 8.71. The molecular weight excluding hydrogens is 449 g/mol. The molecule has 30 heavy (non-hydrogen) atoms. The summed E-state index contributed by atoms with van der Waals surface area (Å²) in [6, 6.07) is 12.9.